The molecule has 3 rings (SSSR count). The number of rotatable bonds is 6. The molecule has 0 aromatic heterocycles. The maximum atomic E-state index is 14.5. The van der Waals surface area contributed by atoms with E-state index in [1.807, 2.05) is 24.3 Å². The SMILES string of the molecule is CCCCCc1ccc(-c2ccc(-c3ccc(C)cc3)cc2)c(F)c1F. The predicted octanol–water partition coefficient (Wildman–Crippen LogP) is 7.34. The minimum atomic E-state index is -0.748. The van der Waals surface area contributed by atoms with Gasteiger partial charge in [0.25, 0.3) is 0 Å². The maximum absolute atomic E-state index is 14.5. The molecule has 0 spiro atoms. The third kappa shape index (κ3) is 4.01. The Morgan fingerprint density at radius 2 is 1.23 bits per heavy atom. The number of hydrogen-bond donors (Lipinski definition) is 0. The van der Waals surface area contributed by atoms with Crippen LogP contribution in [0.1, 0.15) is 37.3 Å². The van der Waals surface area contributed by atoms with Crippen molar-refractivity contribution in [3.05, 3.63) is 83.4 Å². The van der Waals surface area contributed by atoms with Crippen LogP contribution in [0, 0.1) is 18.6 Å². The fraction of sp³-hybridized carbons (Fsp3) is 0.250. The van der Waals surface area contributed by atoms with Crippen LogP contribution in [0.25, 0.3) is 22.3 Å². The Labute approximate surface area is 154 Å². The maximum Gasteiger partial charge on any atom is 0.166 e. The van der Waals surface area contributed by atoms with E-state index in [4.69, 9.17) is 0 Å². The highest BCUT2D eigenvalue weighted by Gasteiger charge is 2.14. The molecule has 0 N–H and O–H groups in total. The fourth-order valence-corrected chi connectivity index (χ4v) is 3.16. The Balaban J connectivity index is 1.85. The minimum Gasteiger partial charge on any atom is -0.203 e. The monoisotopic (exact) mass is 350 g/mol. The van der Waals surface area contributed by atoms with Gasteiger partial charge in [-0.15, -0.1) is 0 Å². The molecule has 0 radical (unpaired) electrons. The first kappa shape index (κ1) is 18.3. The Hall–Kier alpha value is -2.48. The smallest absolute Gasteiger partial charge is 0.166 e. The van der Waals surface area contributed by atoms with Gasteiger partial charge in [0.1, 0.15) is 0 Å². The lowest BCUT2D eigenvalue weighted by Crippen LogP contribution is -1.97. The molecule has 0 saturated heterocycles. The van der Waals surface area contributed by atoms with Crippen molar-refractivity contribution in [3.63, 3.8) is 0 Å². The third-order valence-corrected chi connectivity index (χ3v) is 4.79. The lowest BCUT2D eigenvalue weighted by molar-refractivity contribution is 0.498. The first-order valence-corrected chi connectivity index (χ1v) is 9.24. The molecule has 0 aliphatic heterocycles. The average Bonchev–Trinajstić information content (AvgIpc) is 2.66. The summed E-state index contributed by atoms with van der Waals surface area (Å²) >= 11 is 0. The Morgan fingerprint density at radius 3 is 1.85 bits per heavy atom. The second kappa shape index (κ2) is 8.27. The van der Waals surface area contributed by atoms with Crippen LogP contribution in [0.5, 0.6) is 0 Å². The summed E-state index contributed by atoms with van der Waals surface area (Å²) in [6.45, 7) is 4.15. The highest BCUT2D eigenvalue weighted by molar-refractivity contribution is 5.71. The van der Waals surface area contributed by atoms with Crippen LogP contribution in [0.3, 0.4) is 0 Å². The van der Waals surface area contributed by atoms with Crippen molar-refractivity contribution in [2.45, 2.75) is 39.5 Å². The number of unbranched alkanes of at least 4 members (excludes halogenated alkanes) is 2. The van der Waals surface area contributed by atoms with Gasteiger partial charge in [-0.05, 0) is 42.0 Å². The van der Waals surface area contributed by atoms with E-state index in [0.29, 0.717) is 23.1 Å². The molecule has 2 heteroatoms. The molecule has 0 atom stereocenters. The van der Waals surface area contributed by atoms with Gasteiger partial charge in [0.15, 0.2) is 11.6 Å². The number of aryl methyl sites for hydroxylation is 2. The van der Waals surface area contributed by atoms with Gasteiger partial charge in [0.05, 0.1) is 0 Å². The van der Waals surface area contributed by atoms with Crippen molar-refractivity contribution in [2.24, 2.45) is 0 Å². The Morgan fingerprint density at radius 1 is 0.654 bits per heavy atom. The summed E-state index contributed by atoms with van der Waals surface area (Å²) in [5.41, 5.74) is 4.86. The summed E-state index contributed by atoms with van der Waals surface area (Å²) in [7, 11) is 0. The standard InChI is InChI=1S/C24H24F2/c1-3-4-5-6-21-15-16-22(24(26)23(21)25)20-13-11-19(12-14-20)18-9-7-17(2)8-10-18/h7-16H,3-6H2,1-2H3. The predicted molar refractivity (Wildman–Crippen MR) is 105 cm³/mol. The van der Waals surface area contributed by atoms with Crippen LogP contribution in [-0.2, 0) is 6.42 Å². The van der Waals surface area contributed by atoms with Gasteiger partial charge in [-0.3, -0.25) is 0 Å². The average molecular weight is 350 g/mol. The van der Waals surface area contributed by atoms with Crippen molar-refractivity contribution in [3.8, 4) is 22.3 Å². The van der Waals surface area contributed by atoms with E-state index in [1.165, 1.54) is 5.56 Å². The molecule has 0 bridgehead atoms. The van der Waals surface area contributed by atoms with Crippen LogP contribution in [-0.4, -0.2) is 0 Å². The highest BCUT2D eigenvalue weighted by atomic mass is 19.2. The van der Waals surface area contributed by atoms with E-state index in [9.17, 15) is 8.78 Å². The van der Waals surface area contributed by atoms with Gasteiger partial charge in [-0.25, -0.2) is 8.78 Å². The van der Waals surface area contributed by atoms with Crippen molar-refractivity contribution in [1.82, 2.24) is 0 Å². The molecule has 0 aliphatic rings. The summed E-state index contributed by atoms with van der Waals surface area (Å²) in [5.74, 6) is -1.46. The largest absolute Gasteiger partial charge is 0.203 e. The molecule has 3 aromatic carbocycles. The molecule has 0 fully saturated rings. The van der Waals surface area contributed by atoms with E-state index in [-0.39, 0.29) is 0 Å². The van der Waals surface area contributed by atoms with Gasteiger partial charge >= 0.3 is 0 Å². The summed E-state index contributed by atoms with van der Waals surface area (Å²) in [5, 5.41) is 0. The topological polar surface area (TPSA) is 0 Å². The number of hydrogen-bond acceptors (Lipinski definition) is 0. The van der Waals surface area contributed by atoms with E-state index in [1.54, 1.807) is 12.1 Å². The minimum absolute atomic E-state index is 0.317. The lowest BCUT2D eigenvalue weighted by Gasteiger charge is -2.10. The zero-order valence-corrected chi connectivity index (χ0v) is 15.4. The van der Waals surface area contributed by atoms with Crippen molar-refractivity contribution in [2.75, 3.05) is 0 Å². The lowest BCUT2D eigenvalue weighted by atomic mass is 9.97. The van der Waals surface area contributed by atoms with Gasteiger partial charge in [0.2, 0.25) is 0 Å². The molecule has 0 saturated carbocycles. The van der Waals surface area contributed by atoms with Crippen LogP contribution in [0.15, 0.2) is 60.7 Å². The molecular formula is C24H24F2. The normalized spacial score (nSPS) is 10.9. The molecule has 26 heavy (non-hydrogen) atoms. The molecule has 0 aliphatic carbocycles. The van der Waals surface area contributed by atoms with E-state index in [2.05, 4.69) is 38.1 Å². The molecule has 0 heterocycles. The number of benzene rings is 3. The molecule has 0 amide bonds. The molecule has 134 valence electrons. The first-order chi connectivity index (χ1) is 12.6. The van der Waals surface area contributed by atoms with Gasteiger partial charge in [-0.1, -0.05) is 86.0 Å². The molecule has 0 nitrogen and oxygen atoms in total. The van der Waals surface area contributed by atoms with Gasteiger partial charge in [-0.2, -0.15) is 0 Å². The fourth-order valence-electron chi connectivity index (χ4n) is 3.16. The Kier molecular flexibility index (Phi) is 5.82. The van der Waals surface area contributed by atoms with Crippen molar-refractivity contribution >= 4 is 0 Å². The summed E-state index contributed by atoms with van der Waals surface area (Å²) in [6, 6.07) is 19.3. The second-order valence-corrected chi connectivity index (χ2v) is 6.80. The third-order valence-electron chi connectivity index (χ3n) is 4.79. The van der Waals surface area contributed by atoms with E-state index < -0.39 is 11.6 Å². The van der Waals surface area contributed by atoms with E-state index in [0.717, 1.165) is 30.4 Å². The summed E-state index contributed by atoms with van der Waals surface area (Å²) in [4.78, 5) is 0. The van der Waals surface area contributed by atoms with Crippen LogP contribution in [0.4, 0.5) is 8.78 Å². The zero-order valence-electron chi connectivity index (χ0n) is 15.4. The molecular weight excluding hydrogens is 326 g/mol. The quantitative estimate of drug-likeness (QED) is 0.408. The summed E-state index contributed by atoms with van der Waals surface area (Å²) in [6.07, 6.45) is 3.57. The Bertz CT molecular complexity index is 862. The first-order valence-electron chi connectivity index (χ1n) is 9.24. The van der Waals surface area contributed by atoms with E-state index >= 15 is 0 Å². The second-order valence-electron chi connectivity index (χ2n) is 6.80. The van der Waals surface area contributed by atoms with Gasteiger partial charge in [0, 0.05) is 5.56 Å². The van der Waals surface area contributed by atoms with Crippen LogP contribution < -0.4 is 0 Å². The van der Waals surface area contributed by atoms with Gasteiger partial charge < -0.3 is 0 Å². The van der Waals surface area contributed by atoms with Crippen molar-refractivity contribution < 1.29 is 8.78 Å². The zero-order chi connectivity index (χ0) is 18.5. The molecule has 0 unspecified atom stereocenters. The highest BCUT2D eigenvalue weighted by Crippen LogP contribution is 2.29. The van der Waals surface area contributed by atoms with Crippen molar-refractivity contribution in [1.29, 1.82) is 0 Å². The summed E-state index contributed by atoms with van der Waals surface area (Å²) < 4.78 is 28.9. The van der Waals surface area contributed by atoms with Crippen LogP contribution in [0.2, 0.25) is 0 Å². The number of halogens is 2. The van der Waals surface area contributed by atoms with Crippen LogP contribution >= 0.6 is 0 Å². The molecule has 3 aromatic rings.